The second kappa shape index (κ2) is 6.65. The second-order valence-electron chi connectivity index (χ2n) is 3.87. The summed E-state index contributed by atoms with van der Waals surface area (Å²) >= 11 is 0. The summed E-state index contributed by atoms with van der Waals surface area (Å²) in [4.78, 5) is 11.0. The van der Waals surface area contributed by atoms with Crippen molar-refractivity contribution in [3.8, 4) is 0 Å². The number of benzene rings is 1. The van der Waals surface area contributed by atoms with E-state index in [0.717, 1.165) is 0 Å². The van der Waals surface area contributed by atoms with Gasteiger partial charge in [-0.2, -0.15) is 0 Å². The number of aromatic carboxylic acids is 1. The lowest BCUT2D eigenvalue weighted by molar-refractivity contribution is 0.0695. The van der Waals surface area contributed by atoms with Crippen molar-refractivity contribution >= 4 is 16.0 Å². The van der Waals surface area contributed by atoms with Gasteiger partial charge in [0.15, 0.2) is 0 Å². The molecule has 0 fully saturated rings. The van der Waals surface area contributed by atoms with E-state index < -0.39 is 16.0 Å². The number of carboxylic acid groups (broad SMARTS) is 1. The van der Waals surface area contributed by atoms with Gasteiger partial charge in [0, 0.05) is 13.7 Å². The number of carbonyl (C=O) groups is 1. The third-order valence-corrected chi connectivity index (χ3v) is 4.06. The number of nitrogens with one attached hydrogen (secondary N) is 1. The zero-order valence-corrected chi connectivity index (χ0v) is 11.7. The van der Waals surface area contributed by atoms with Gasteiger partial charge in [0.1, 0.15) is 0 Å². The van der Waals surface area contributed by atoms with E-state index in [0.29, 0.717) is 12.0 Å². The van der Waals surface area contributed by atoms with E-state index in [4.69, 9.17) is 9.84 Å². The van der Waals surface area contributed by atoms with E-state index >= 15 is 0 Å². The maximum Gasteiger partial charge on any atom is 0.336 e. The molecular formula is C12H17NO5S. The first-order valence-electron chi connectivity index (χ1n) is 5.77. The third-order valence-electron chi connectivity index (χ3n) is 2.60. The van der Waals surface area contributed by atoms with E-state index in [1.54, 1.807) is 0 Å². The van der Waals surface area contributed by atoms with Crippen LogP contribution in [0.4, 0.5) is 0 Å². The van der Waals surface area contributed by atoms with Gasteiger partial charge in [0.2, 0.25) is 10.0 Å². The quantitative estimate of drug-likeness (QED) is 0.726. The maximum atomic E-state index is 11.9. The van der Waals surface area contributed by atoms with Crippen LogP contribution in [0.25, 0.3) is 0 Å². The van der Waals surface area contributed by atoms with Crippen LogP contribution >= 0.6 is 0 Å². The highest BCUT2D eigenvalue weighted by atomic mass is 32.2. The molecule has 2 N–H and O–H groups in total. The largest absolute Gasteiger partial charge is 0.478 e. The summed E-state index contributed by atoms with van der Waals surface area (Å²) < 4.78 is 30.9. The SMILES string of the molecule is CCc1ccc(S(=O)(=O)NCCOC)cc1C(=O)O. The number of hydrogen-bond acceptors (Lipinski definition) is 4. The van der Waals surface area contributed by atoms with Crippen molar-refractivity contribution in [2.75, 3.05) is 20.3 Å². The lowest BCUT2D eigenvalue weighted by Gasteiger charge is -2.09. The topological polar surface area (TPSA) is 92.7 Å². The average Bonchev–Trinajstić information content (AvgIpc) is 2.38. The third kappa shape index (κ3) is 4.02. The predicted octanol–water partition coefficient (Wildman–Crippen LogP) is 0.872. The van der Waals surface area contributed by atoms with Crippen LogP contribution in [0.2, 0.25) is 0 Å². The van der Waals surface area contributed by atoms with Crippen LogP contribution in [0, 0.1) is 0 Å². The fourth-order valence-corrected chi connectivity index (χ4v) is 2.63. The highest BCUT2D eigenvalue weighted by Gasteiger charge is 2.17. The van der Waals surface area contributed by atoms with Gasteiger partial charge in [-0.3, -0.25) is 0 Å². The van der Waals surface area contributed by atoms with Crippen LogP contribution in [-0.4, -0.2) is 39.8 Å². The smallest absolute Gasteiger partial charge is 0.336 e. The van der Waals surface area contributed by atoms with Crippen molar-refractivity contribution in [3.63, 3.8) is 0 Å². The average molecular weight is 287 g/mol. The lowest BCUT2D eigenvalue weighted by Crippen LogP contribution is -2.27. The Hall–Kier alpha value is -1.44. The summed E-state index contributed by atoms with van der Waals surface area (Å²) in [6.45, 7) is 2.20. The molecule has 0 radical (unpaired) electrons. The number of methoxy groups -OCH3 is 1. The van der Waals surface area contributed by atoms with E-state index in [2.05, 4.69) is 4.72 Å². The Morgan fingerprint density at radius 1 is 1.42 bits per heavy atom. The number of carboxylic acids is 1. The molecule has 0 aromatic heterocycles. The lowest BCUT2D eigenvalue weighted by atomic mass is 10.1. The Morgan fingerprint density at radius 2 is 2.11 bits per heavy atom. The molecule has 7 heteroatoms. The van der Waals surface area contributed by atoms with Crippen molar-refractivity contribution in [2.24, 2.45) is 0 Å². The molecule has 0 unspecified atom stereocenters. The molecule has 0 atom stereocenters. The molecule has 1 rings (SSSR count). The zero-order valence-electron chi connectivity index (χ0n) is 10.8. The van der Waals surface area contributed by atoms with E-state index in [-0.39, 0.29) is 23.6 Å². The van der Waals surface area contributed by atoms with Gasteiger partial charge in [-0.25, -0.2) is 17.9 Å². The van der Waals surface area contributed by atoms with Crippen LogP contribution in [0.3, 0.4) is 0 Å². The van der Waals surface area contributed by atoms with Gasteiger partial charge in [0.25, 0.3) is 0 Å². The van der Waals surface area contributed by atoms with Crippen LogP contribution < -0.4 is 4.72 Å². The van der Waals surface area contributed by atoms with Crippen molar-refractivity contribution < 1.29 is 23.1 Å². The molecule has 0 saturated heterocycles. The Kier molecular flexibility index (Phi) is 5.46. The summed E-state index contributed by atoms with van der Waals surface area (Å²) in [6.07, 6.45) is 0.527. The molecule has 1 aromatic rings. The van der Waals surface area contributed by atoms with Gasteiger partial charge in [0.05, 0.1) is 17.1 Å². The molecule has 106 valence electrons. The summed E-state index contributed by atoms with van der Waals surface area (Å²) in [5.41, 5.74) is 0.612. The minimum absolute atomic E-state index is 0.0112. The second-order valence-corrected chi connectivity index (χ2v) is 5.64. The molecule has 0 saturated carbocycles. The van der Waals surface area contributed by atoms with Crippen LogP contribution in [0.5, 0.6) is 0 Å². The Bertz CT molecular complexity index is 553. The minimum Gasteiger partial charge on any atom is -0.478 e. The maximum absolute atomic E-state index is 11.9. The monoisotopic (exact) mass is 287 g/mol. The number of sulfonamides is 1. The number of aryl methyl sites for hydroxylation is 1. The molecule has 0 heterocycles. The van der Waals surface area contributed by atoms with Gasteiger partial charge < -0.3 is 9.84 Å². The van der Waals surface area contributed by atoms with Gasteiger partial charge in [-0.1, -0.05) is 13.0 Å². The Labute approximate surface area is 112 Å². The standard InChI is InChI=1S/C12H17NO5S/c1-3-9-4-5-10(8-11(9)12(14)15)19(16,17)13-6-7-18-2/h4-5,8,13H,3,6-7H2,1-2H3,(H,14,15). The predicted molar refractivity (Wildman–Crippen MR) is 69.8 cm³/mol. The Morgan fingerprint density at radius 3 is 2.63 bits per heavy atom. The molecule has 0 bridgehead atoms. The van der Waals surface area contributed by atoms with Gasteiger partial charge in [-0.05, 0) is 24.1 Å². The molecule has 0 spiro atoms. The summed E-state index contributed by atoms with van der Waals surface area (Å²) in [5.74, 6) is -1.13. The van der Waals surface area contributed by atoms with E-state index in [1.807, 2.05) is 6.92 Å². The summed E-state index contributed by atoms with van der Waals surface area (Å²) in [6, 6.07) is 4.10. The first-order valence-corrected chi connectivity index (χ1v) is 7.25. The van der Waals surface area contributed by atoms with Crippen molar-refractivity contribution in [2.45, 2.75) is 18.2 Å². The highest BCUT2D eigenvalue weighted by Crippen LogP contribution is 2.16. The van der Waals surface area contributed by atoms with Crippen LogP contribution in [0.15, 0.2) is 23.1 Å². The summed E-state index contributed by atoms with van der Waals surface area (Å²) in [7, 11) is -2.24. The van der Waals surface area contributed by atoms with Crippen LogP contribution in [0.1, 0.15) is 22.8 Å². The van der Waals surface area contributed by atoms with E-state index in [9.17, 15) is 13.2 Å². The molecular weight excluding hydrogens is 270 g/mol. The normalized spacial score (nSPS) is 11.5. The fraction of sp³-hybridized carbons (Fsp3) is 0.417. The van der Waals surface area contributed by atoms with Gasteiger partial charge in [-0.15, -0.1) is 0 Å². The van der Waals surface area contributed by atoms with Crippen LogP contribution in [-0.2, 0) is 21.2 Å². The number of ether oxygens (including phenoxy) is 1. The van der Waals surface area contributed by atoms with E-state index in [1.165, 1.54) is 25.3 Å². The Balaban J connectivity index is 3.07. The fourth-order valence-electron chi connectivity index (χ4n) is 1.59. The molecule has 6 nitrogen and oxygen atoms in total. The van der Waals surface area contributed by atoms with Crippen molar-refractivity contribution in [3.05, 3.63) is 29.3 Å². The minimum atomic E-state index is -3.71. The molecule has 0 aliphatic rings. The molecule has 0 amide bonds. The zero-order chi connectivity index (χ0) is 14.5. The number of hydrogen-bond donors (Lipinski definition) is 2. The number of rotatable bonds is 7. The van der Waals surface area contributed by atoms with Crippen molar-refractivity contribution in [1.82, 2.24) is 4.72 Å². The first kappa shape index (κ1) is 15.6. The molecule has 19 heavy (non-hydrogen) atoms. The van der Waals surface area contributed by atoms with Crippen molar-refractivity contribution in [1.29, 1.82) is 0 Å². The summed E-state index contributed by atoms with van der Waals surface area (Å²) in [5, 5.41) is 9.07. The first-order chi connectivity index (χ1) is 8.92. The van der Waals surface area contributed by atoms with Gasteiger partial charge >= 0.3 is 5.97 Å². The highest BCUT2D eigenvalue weighted by molar-refractivity contribution is 7.89. The molecule has 0 aliphatic carbocycles. The molecule has 1 aromatic carbocycles. The molecule has 0 aliphatic heterocycles.